The number of rotatable bonds is 7. The maximum Gasteiger partial charge on any atom is 0.0836 e. The van der Waals surface area contributed by atoms with Crippen LogP contribution in [0.25, 0.3) is 0 Å². The lowest BCUT2D eigenvalue weighted by atomic mass is 10.1. The maximum absolute atomic E-state index is 8.67. The molecule has 0 saturated heterocycles. The van der Waals surface area contributed by atoms with Gasteiger partial charge in [0.25, 0.3) is 0 Å². The number of hydrogen-bond acceptors (Lipinski definition) is 3. The molecule has 1 atom stereocenters. The third-order valence-corrected chi connectivity index (χ3v) is 2.22. The molecule has 1 aromatic rings. The van der Waals surface area contributed by atoms with Gasteiger partial charge in [-0.1, -0.05) is 30.3 Å². The molecule has 0 aliphatic rings. The van der Waals surface area contributed by atoms with Crippen molar-refractivity contribution in [1.29, 1.82) is 0 Å². The zero-order valence-corrected chi connectivity index (χ0v) is 8.93. The van der Waals surface area contributed by atoms with Gasteiger partial charge >= 0.3 is 0 Å². The fourth-order valence-corrected chi connectivity index (χ4v) is 1.46. The molecule has 0 aromatic heterocycles. The van der Waals surface area contributed by atoms with Crippen molar-refractivity contribution < 1.29 is 9.84 Å². The smallest absolute Gasteiger partial charge is 0.0836 e. The number of aliphatic hydroxyl groups is 1. The van der Waals surface area contributed by atoms with E-state index in [-0.39, 0.29) is 12.7 Å². The van der Waals surface area contributed by atoms with Gasteiger partial charge in [0.05, 0.1) is 6.10 Å². The third-order valence-electron chi connectivity index (χ3n) is 2.22. The van der Waals surface area contributed by atoms with Gasteiger partial charge in [-0.15, -0.1) is 0 Å². The molecule has 15 heavy (non-hydrogen) atoms. The summed E-state index contributed by atoms with van der Waals surface area (Å²) in [6, 6.07) is 10.1. The zero-order chi connectivity index (χ0) is 10.9. The van der Waals surface area contributed by atoms with Crippen LogP contribution in [0.15, 0.2) is 30.3 Å². The van der Waals surface area contributed by atoms with E-state index in [9.17, 15) is 0 Å². The lowest BCUT2D eigenvalue weighted by molar-refractivity contribution is 0.0394. The molecule has 1 aromatic carbocycles. The van der Waals surface area contributed by atoms with Crippen molar-refractivity contribution in [2.45, 2.75) is 18.9 Å². The summed E-state index contributed by atoms with van der Waals surface area (Å²) < 4.78 is 5.67. The predicted octanol–water partition coefficient (Wildman–Crippen LogP) is 1.48. The second-order valence-electron chi connectivity index (χ2n) is 3.42. The largest absolute Gasteiger partial charge is 0.396 e. The van der Waals surface area contributed by atoms with E-state index < -0.39 is 0 Å². The Balaban J connectivity index is 2.50. The van der Waals surface area contributed by atoms with Gasteiger partial charge in [-0.25, -0.2) is 0 Å². The van der Waals surface area contributed by atoms with Crippen molar-refractivity contribution in [2.75, 3.05) is 19.8 Å². The van der Waals surface area contributed by atoms with Gasteiger partial charge in [0.2, 0.25) is 0 Å². The van der Waals surface area contributed by atoms with Gasteiger partial charge in [0.1, 0.15) is 0 Å². The molecule has 0 aliphatic carbocycles. The van der Waals surface area contributed by atoms with Crippen molar-refractivity contribution >= 4 is 0 Å². The summed E-state index contributed by atoms with van der Waals surface area (Å²) in [7, 11) is 0. The summed E-state index contributed by atoms with van der Waals surface area (Å²) in [4.78, 5) is 0. The Labute approximate surface area is 90.9 Å². The average Bonchev–Trinajstić information content (AvgIpc) is 2.29. The normalized spacial score (nSPS) is 12.7. The van der Waals surface area contributed by atoms with Crippen LogP contribution in [0, 0.1) is 0 Å². The minimum absolute atomic E-state index is 0.0581. The maximum atomic E-state index is 8.67. The van der Waals surface area contributed by atoms with Crippen molar-refractivity contribution in [3.63, 3.8) is 0 Å². The van der Waals surface area contributed by atoms with Gasteiger partial charge < -0.3 is 15.6 Å². The molecule has 3 N–H and O–H groups in total. The molecule has 0 fully saturated rings. The summed E-state index contributed by atoms with van der Waals surface area (Å²) in [5.41, 5.74) is 6.70. The van der Waals surface area contributed by atoms with Crippen LogP contribution in [-0.2, 0) is 4.74 Å². The highest BCUT2D eigenvalue weighted by atomic mass is 16.5. The van der Waals surface area contributed by atoms with Crippen LogP contribution in [0.1, 0.15) is 24.5 Å². The lowest BCUT2D eigenvalue weighted by Crippen LogP contribution is -2.12. The molecule has 0 spiro atoms. The molecule has 0 saturated carbocycles. The summed E-state index contributed by atoms with van der Waals surface area (Å²) in [5, 5.41) is 8.67. The highest BCUT2D eigenvalue weighted by Crippen LogP contribution is 2.20. The summed E-state index contributed by atoms with van der Waals surface area (Å²) in [6.07, 6.45) is 1.55. The summed E-state index contributed by atoms with van der Waals surface area (Å²) in [5.74, 6) is 0. The molecule has 3 heteroatoms. The van der Waals surface area contributed by atoms with Crippen LogP contribution in [0.2, 0.25) is 0 Å². The van der Waals surface area contributed by atoms with Crippen LogP contribution in [0.5, 0.6) is 0 Å². The van der Waals surface area contributed by atoms with Crippen molar-refractivity contribution in [2.24, 2.45) is 5.73 Å². The second kappa shape index (κ2) is 7.40. The van der Waals surface area contributed by atoms with E-state index in [0.717, 1.165) is 12.0 Å². The first kappa shape index (κ1) is 12.2. The first-order chi connectivity index (χ1) is 7.38. The number of nitrogens with two attached hydrogens (primary N) is 1. The van der Waals surface area contributed by atoms with E-state index in [4.69, 9.17) is 15.6 Å². The molecule has 0 amide bonds. The minimum Gasteiger partial charge on any atom is -0.396 e. The van der Waals surface area contributed by atoms with E-state index in [1.807, 2.05) is 30.3 Å². The Bertz CT molecular complexity index is 251. The molecule has 84 valence electrons. The third kappa shape index (κ3) is 4.42. The zero-order valence-electron chi connectivity index (χ0n) is 8.93. The van der Waals surface area contributed by atoms with E-state index in [1.165, 1.54) is 0 Å². The van der Waals surface area contributed by atoms with Crippen LogP contribution < -0.4 is 5.73 Å². The molecule has 0 radical (unpaired) electrons. The molecule has 3 nitrogen and oxygen atoms in total. The fourth-order valence-electron chi connectivity index (χ4n) is 1.46. The second-order valence-corrected chi connectivity index (χ2v) is 3.42. The van der Waals surface area contributed by atoms with Crippen molar-refractivity contribution in [3.05, 3.63) is 35.9 Å². The summed E-state index contributed by atoms with van der Waals surface area (Å²) in [6.45, 7) is 1.36. The van der Waals surface area contributed by atoms with Crippen LogP contribution in [-0.4, -0.2) is 24.9 Å². The molecule has 0 aliphatic heterocycles. The van der Waals surface area contributed by atoms with Gasteiger partial charge in [-0.2, -0.15) is 0 Å². The number of hydrogen-bond donors (Lipinski definition) is 2. The lowest BCUT2D eigenvalue weighted by Gasteiger charge is -2.17. The minimum atomic E-state index is 0.0581. The monoisotopic (exact) mass is 209 g/mol. The molecule has 0 bridgehead atoms. The summed E-state index contributed by atoms with van der Waals surface area (Å²) >= 11 is 0. The van der Waals surface area contributed by atoms with Gasteiger partial charge in [-0.05, 0) is 24.9 Å². The highest BCUT2D eigenvalue weighted by molar-refractivity contribution is 5.17. The van der Waals surface area contributed by atoms with Gasteiger partial charge in [-0.3, -0.25) is 0 Å². The van der Waals surface area contributed by atoms with Gasteiger partial charge in [0, 0.05) is 13.2 Å². The number of ether oxygens (including phenoxy) is 1. The molecule has 1 unspecified atom stereocenters. The van der Waals surface area contributed by atoms with Crippen molar-refractivity contribution in [1.82, 2.24) is 0 Å². The average molecular weight is 209 g/mol. The first-order valence-electron chi connectivity index (χ1n) is 5.36. The Kier molecular flexibility index (Phi) is 6.00. The Morgan fingerprint density at radius 3 is 2.60 bits per heavy atom. The standard InChI is InChI=1S/C12H19NO2/c13-8-7-12(15-10-4-9-14)11-5-2-1-3-6-11/h1-3,5-6,12,14H,4,7-10,13H2. The quantitative estimate of drug-likeness (QED) is 0.669. The molecule has 1 rings (SSSR count). The SMILES string of the molecule is NCCC(OCCCO)c1ccccc1. The van der Waals surface area contributed by atoms with Crippen LogP contribution >= 0.6 is 0 Å². The van der Waals surface area contributed by atoms with Crippen LogP contribution in [0.4, 0.5) is 0 Å². The Morgan fingerprint density at radius 2 is 2.00 bits per heavy atom. The molecular formula is C12H19NO2. The fraction of sp³-hybridized carbons (Fsp3) is 0.500. The topological polar surface area (TPSA) is 55.5 Å². The van der Waals surface area contributed by atoms with E-state index in [2.05, 4.69) is 0 Å². The molecule has 0 heterocycles. The Hall–Kier alpha value is -0.900. The molecular weight excluding hydrogens is 190 g/mol. The predicted molar refractivity (Wildman–Crippen MR) is 60.5 cm³/mol. The van der Waals surface area contributed by atoms with E-state index in [0.29, 0.717) is 19.6 Å². The van der Waals surface area contributed by atoms with E-state index >= 15 is 0 Å². The first-order valence-corrected chi connectivity index (χ1v) is 5.36. The number of aliphatic hydroxyl groups excluding tert-OH is 1. The van der Waals surface area contributed by atoms with Crippen molar-refractivity contribution in [3.8, 4) is 0 Å². The Morgan fingerprint density at radius 1 is 1.27 bits per heavy atom. The van der Waals surface area contributed by atoms with Crippen LogP contribution in [0.3, 0.4) is 0 Å². The number of benzene rings is 1. The van der Waals surface area contributed by atoms with E-state index in [1.54, 1.807) is 0 Å². The van der Waals surface area contributed by atoms with Gasteiger partial charge in [0.15, 0.2) is 0 Å². The highest BCUT2D eigenvalue weighted by Gasteiger charge is 2.09.